The highest BCUT2D eigenvalue weighted by molar-refractivity contribution is 7.92. The van der Waals surface area contributed by atoms with Crippen molar-refractivity contribution in [2.24, 2.45) is 0 Å². The second kappa shape index (κ2) is 8.05. The quantitative estimate of drug-likeness (QED) is 0.588. The second-order valence-corrected chi connectivity index (χ2v) is 9.75. The Morgan fingerprint density at radius 1 is 1.20 bits per heavy atom. The summed E-state index contributed by atoms with van der Waals surface area (Å²) in [6.07, 6.45) is 5.13. The fraction of sp³-hybridized carbons (Fsp3) is 0.316. The third kappa shape index (κ3) is 4.23. The lowest BCUT2D eigenvalue weighted by atomic mass is 9.98. The smallest absolute Gasteiger partial charge is 0.256 e. The number of benzene rings is 1. The molecule has 0 aliphatic carbocycles. The van der Waals surface area contributed by atoms with Gasteiger partial charge in [-0.05, 0) is 43.5 Å². The molecule has 1 N–H and O–H groups in total. The molecule has 1 aliphatic rings. The highest BCUT2D eigenvalue weighted by Gasteiger charge is 2.32. The molecule has 158 valence electrons. The number of hydrogen-bond acceptors (Lipinski definition) is 5. The van der Waals surface area contributed by atoms with E-state index in [0.29, 0.717) is 28.1 Å². The van der Waals surface area contributed by atoms with Gasteiger partial charge in [-0.2, -0.15) is 5.10 Å². The van der Waals surface area contributed by atoms with Crippen molar-refractivity contribution in [1.82, 2.24) is 19.5 Å². The van der Waals surface area contributed by atoms with Crippen LogP contribution >= 0.6 is 23.2 Å². The molecule has 8 nitrogen and oxygen atoms in total. The number of carbonyl (C=O) groups excluding carboxylic acids is 1. The average molecular weight is 468 g/mol. The maximum Gasteiger partial charge on any atom is 0.256 e. The Morgan fingerprint density at radius 3 is 2.73 bits per heavy atom. The molecule has 0 bridgehead atoms. The number of rotatable bonds is 4. The predicted octanol–water partition coefficient (Wildman–Crippen LogP) is 3.78. The molecule has 2 aromatic heterocycles. The van der Waals surface area contributed by atoms with Crippen molar-refractivity contribution in [3.05, 3.63) is 58.0 Å². The normalized spacial score (nSPS) is 17.3. The molecule has 0 spiro atoms. The Balaban J connectivity index is 1.73. The van der Waals surface area contributed by atoms with Gasteiger partial charge in [0.05, 0.1) is 29.2 Å². The predicted molar refractivity (Wildman–Crippen MR) is 116 cm³/mol. The van der Waals surface area contributed by atoms with Crippen LogP contribution < -0.4 is 4.72 Å². The third-order valence-corrected chi connectivity index (χ3v) is 6.06. The minimum absolute atomic E-state index is 0.191. The van der Waals surface area contributed by atoms with E-state index in [1.165, 1.54) is 22.7 Å². The molecule has 0 saturated carbocycles. The van der Waals surface area contributed by atoms with Crippen molar-refractivity contribution >= 4 is 50.5 Å². The van der Waals surface area contributed by atoms with Gasteiger partial charge >= 0.3 is 0 Å². The van der Waals surface area contributed by atoms with E-state index < -0.39 is 10.0 Å². The number of amides is 1. The lowest BCUT2D eigenvalue weighted by Gasteiger charge is -2.35. The van der Waals surface area contributed by atoms with Crippen LogP contribution in [0.25, 0.3) is 5.65 Å². The number of fused-ring (bicyclic) bond motifs is 1. The van der Waals surface area contributed by atoms with Crippen LogP contribution in [0, 0.1) is 0 Å². The first-order chi connectivity index (χ1) is 14.2. The number of aromatic nitrogens is 3. The van der Waals surface area contributed by atoms with E-state index in [0.717, 1.165) is 25.5 Å². The van der Waals surface area contributed by atoms with Gasteiger partial charge in [0.15, 0.2) is 5.65 Å². The number of nitrogens with one attached hydrogen (secondary N) is 1. The standard InChI is InChI=1S/C19H19Cl2N5O3S/c1-30(28,29)24-14-6-5-12(20)10-13(14)19(27)25-9-3-2-4-16(25)15-11-18-22-8-7-17(21)26(18)23-15/h5-8,10-11,16,24H,2-4,9H2,1H3. The molecule has 3 aromatic rings. The second-order valence-electron chi connectivity index (χ2n) is 7.18. The first-order valence-corrected chi connectivity index (χ1v) is 12.0. The molecule has 1 unspecified atom stereocenters. The van der Waals surface area contributed by atoms with Gasteiger partial charge in [0.1, 0.15) is 5.15 Å². The molecule has 1 fully saturated rings. The molecular formula is C19H19Cl2N5O3S. The fourth-order valence-electron chi connectivity index (χ4n) is 3.67. The van der Waals surface area contributed by atoms with Crippen molar-refractivity contribution in [2.75, 3.05) is 17.5 Å². The van der Waals surface area contributed by atoms with Gasteiger partial charge in [-0.25, -0.2) is 17.9 Å². The van der Waals surface area contributed by atoms with Crippen molar-refractivity contribution < 1.29 is 13.2 Å². The van der Waals surface area contributed by atoms with Gasteiger partial charge in [-0.15, -0.1) is 0 Å². The van der Waals surface area contributed by atoms with E-state index in [9.17, 15) is 13.2 Å². The number of anilines is 1. The number of carbonyl (C=O) groups is 1. The molecular weight excluding hydrogens is 449 g/mol. The summed E-state index contributed by atoms with van der Waals surface area (Å²) in [4.78, 5) is 19.5. The van der Waals surface area contributed by atoms with E-state index >= 15 is 0 Å². The maximum absolute atomic E-state index is 13.5. The van der Waals surface area contributed by atoms with Crippen LogP contribution in [0.3, 0.4) is 0 Å². The Hall–Kier alpha value is -2.36. The Bertz CT molecular complexity index is 1230. The van der Waals surface area contributed by atoms with E-state index in [2.05, 4.69) is 14.8 Å². The van der Waals surface area contributed by atoms with E-state index in [4.69, 9.17) is 23.2 Å². The number of likely N-dealkylation sites (tertiary alicyclic amines) is 1. The van der Waals surface area contributed by atoms with Crippen LogP contribution in [0.4, 0.5) is 5.69 Å². The molecule has 1 saturated heterocycles. The fourth-order valence-corrected chi connectivity index (χ4v) is 4.60. The monoisotopic (exact) mass is 467 g/mol. The molecule has 1 atom stereocenters. The summed E-state index contributed by atoms with van der Waals surface area (Å²) in [5.74, 6) is -0.315. The topological polar surface area (TPSA) is 96.7 Å². The van der Waals surface area contributed by atoms with E-state index in [1.807, 2.05) is 6.07 Å². The minimum Gasteiger partial charge on any atom is -0.330 e. The third-order valence-electron chi connectivity index (χ3n) is 4.94. The molecule has 3 heterocycles. The minimum atomic E-state index is -3.57. The van der Waals surface area contributed by atoms with Crippen LogP contribution in [0.5, 0.6) is 0 Å². The molecule has 30 heavy (non-hydrogen) atoms. The van der Waals surface area contributed by atoms with Gasteiger partial charge in [-0.1, -0.05) is 23.2 Å². The van der Waals surface area contributed by atoms with E-state index in [-0.39, 0.29) is 23.2 Å². The number of nitrogens with zero attached hydrogens (tertiary/aromatic N) is 4. The highest BCUT2D eigenvalue weighted by Crippen LogP contribution is 2.34. The van der Waals surface area contributed by atoms with Gasteiger partial charge < -0.3 is 4.90 Å². The summed E-state index contributed by atoms with van der Waals surface area (Å²) in [7, 11) is -3.57. The molecule has 1 aromatic carbocycles. The summed E-state index contributed by atoms with van der Waals surface area (Å²) in [6, 6.07) is 7.68. The Kier molecular flexibility index (Phi) is 5.61. The van der Waals surface area contributed by atoms with Crippen LogP contribution in [0.2, 0.25) is 10.2 Å². The highest BCUT2D eigenvalue weighted by atomic mass is 35.5. The van der Waals surface area contributed by atoms with Crippen molar-refractivity contribution in [1.29, 1.82) is 0 Å². The van der Waals surface area contributed by atoms with Gasteiger partial charge in [0, 0.05) is 23.8 Å². The van der Waals surface area contributed by atoms with Crippen LogP contribution in [0.15, 0.2) is 36.5 Å². The van der Waals surface area contributed by atoms with Gasteiger partial charge in [0.2, 0.25) is 10.0 Å². The summed E-state index contributed by atoms with van der Waals surface area (Å²) in [5, 5.41) is 5.32. The zero-order chi connectivity index (χ0) is 21.5. The summed E-state index contributed by atoms with van der Waals surface area (Å²) in [6.45, 7) is 0.517. The molecule has 1 amide bonds. The lowest BCUT2D eigenvalue weighted by Crippen LogP contribution is -2.39. The largest absolute Gasteiger partial charge is 0.330 e. The van der Waals surface area contributed by atoms with Crippen molar-refractivity contribution in [3.63, 3.8) is 0 Å². The van der Waals surface area contributed by atoms with E-state index in [1.54, 1.807) is 17.2 Å². The summed E-state index contributed by atoms with van der Waals surface area (Å²) >= 11 is 12.3. The van der Waals surface area contributed by atoms with Crippen molar-refractivity contribution in [2.45, 2.75) is 25.3 Å². The molecule has 4 rings (SSSR count). The molecule has 11 heteroatoms. The Labute approximate surface area is 183 Å². The summed E-state index contributed by atoms with van der Waals surface area (Å²) in [5.41, 5.74) is 1.66. The van der Waals surface area contributed by atoms with Crippen molar-refractivity contribution in [3.8, 4) is 0 Å². The maximum atomic E-state index is 13.5. The molecule has 0 radical (unpaired) electrons. The van der Waals surface area contributed by atoms with Crippen LogP contribution in [-0.4, -0.2) is 46.6 Å². The average Bonchev–Trinajstić information content (AvgIpc) is 3.13. The Morgan fingerprint density at radius 2 is 2.00 bits per heavy atom. The first kappa shape index (κ1) is 20.9. The lowest BCUT2D eigenvalue weighted by molar-refractivity contribution is 0.0607. The van der Waals surface area contributed by atoms with Crippen LogP contribution in [-0.2, 0) is 10.0 Å². The number of halogens is 2. The van der Waals surface area contributed by atoms with Crippen LogP contribution in [0.1, 0.15) is 41.4 Å². The number of piperidine rings is 1. The number of hydrogen-bond donors (Lipinski definition) is 1. The number of sulfonamides is 1. The summed E-state index contributed by atoms with van der Waals surface area (Å²) < 4.78 is 27.4. The zero-order valence-electron chi connectivity index (χ0n) is 16.0. The van der Waals surface area contributed by atoms with Gasteiger partial charge in [-0.3, -0.25) is 9.52 Å². The SMILES string of the molecule is CS(=O)(=O)Nc1ccc(Cl)cc1C(=O)N1CCCCC1c1cc2nccc(Cl)n2n1. The zero-order valence-corrected chi connectivity index (χ0v) is 18.4. The van der Waals surface area contributed by atoms with Gasteiger partial charge in [0.25, 0.3) is 5.91 Å². The first-order valence-electron chi connectivity index (χ1n) is 9.31. The molecule has 1 aliphatic heterocycles.